The summed E-state index contributed by atoms with van der Waals surface area (Å²) in [7, 11) is -3.77. The summed E-state index contributed by atoms with van der Waals surface area (Å²) in [6.45, 7) is 4.43. The molecule has 1 unspecified atom stereocenters. The maximum absolute atomic E-state index is 13.4. The number of sulfone groups is 1. The lowest BCUT2D eigenvalue weighted by molar-refractivity contribution is -0.119. The summed E-state index contributed by atoms with van der Waals surface area (Å²) in [6.07, 6.45) is 0.711. The van der Waals surface area contributed by atoms with Gasteiger partial charge in [-0.1, -0.05) is 18.2 Å². The van der Waals surface area contributed by atoms with Crippen molar-refractivity contribution in [3.63, 3.8) is 0 Å². The first-order valence-electron chi connectivity index (χ1n) is 9.95. The van der Waals surface area contributed by atoms with Crippen molar-refractivity contribution in [1.29, 1.82) is 0 Å². The minimum atomic E-state index is -3.77. The second-order valence-corrected chi connectivity index (χ2v) is 9.45. The number of anilines is 3. The number of rotatable bonds is 6. The van der Waals surface area contributed by atoms with Crippen molar-refractivity contribution < 1.29 is 13.2 Å². The molecule has 1 aliphatic rings. The first-order chi connectivity index (χ1) is 14.8. The van der Waals surface area contributed by atoms with Crippen molar-refractivity contribution in [1.82, 2.24) is 20.5 Å². The third kappa shape index (κ3) is 4.53. The summed E-state index contributed by atoms with van der Waals surface area (Å²) >= 11 is 0. The minimum Gasteiger partial charge on any atom is -0.353 e. The molecule has 4 rings (SSSR count). The molecule has 1 aromatic carbocycles. The molecule has 0 bridgehead atoms. The number of hydrogen-bond acceptors (Lipinski definition) is 7. The van der Waals surface area contributed by atoms with Gasteiger partial charge in [0, 0.05) is 37.8 Å². The van der Waals surface area contributed by atoms with Gasteiger partial charge in [0.1, 0.15) is 16.5 Å². The second kappa shape index (κ2) is 8.38. The van der Waals surface area contributed by atoms with E-state index in [1.807, 2.05) is 17.9 Å². The van der Waals surface area contributed by atoms with Crippen LogP contribution in [-0.2, 0) is 14.6 Å². The molecule has 1 amide bonds. The number of benzene rings is 1. The number of amides is 1. The van der Waals surface area contributed by atoms with Crippen molar-refractivity contribution in [3.05, 3.63) is 54.2 Å². The maximum Gasteiger partial charge on any atom is 0.217 e. The number of carbonyl (C=O) groups excluding carboxylic acids is 1. The monoisotopic (exact) mass is 440 g/mol. The Morgan fingerprint density at radius 2 is 1.94 bits per heavy atom. The van der Waals surface area contributed by atoms with Crippen LogP contribution in [0.4, 0.5) is 17.5 Å². The molecule has 3 N–H and O–H groups in total. The summed E-state index contributed by atoms with van der Waals surface area (Å²) in [5.41, 5.74) is 0.892. The Kier molecular flexibility index (Phi) is 5.64. The Balaban J connectivity index is 1.73. The lowest BCUT2D eigenvalue weighted by Crippen LogP contribution is -2.36. The fourth-order valence-electron chi connectivity index (χ4n) is 3.64. The molecular weight excluding hydrogens is 416 g/mol. The summed E-state index contributed by atoms with van der Waals surface area (Å²) in [5.74, 6) is 1.32. The van der Waals surface area contributed by atoms with E-state index in [-0.39, 0.29) is 21.7 Å². The highest BCUT2D eigenvalue weighted by Gasteiger charge is 2.30. The van der Waals surface area contributed by atoms with E-state index in [2.05, 4.69) is 25.8 Å². The van der Waals surface area contributed by atoms with Gasteiger partial charge in [0.05, 0.1) is 4.90 Å². The van der Waals surface area contributed by atoms with Crippen LogP contribution in [0.5, 0.6) is 0 Å². The number of nitrogens with zero attached hydrogens (tertiary/aromatic N) is 3. The molecule has 31 heavy (non-hydrogen) atoms. The number of pyridine rings is 1. The topological polar surface area (TPSA) is 120 Å². The van der Waals surface area contributed by atoms with Gasteiger partial charge < -0.3 is 15.5 Å². The number of aromatic amines is 1. The largest absolute Gasteiger partial charge is 0.353 e. The summed E-state index contributed by atoms with van der Waals surface area (Å²) in [5, 5.41) is 13.0. The van der Waals surface area contributed by atoms with E-state index in [1.165, 1.54) is 6.92 Å². The SMILES string of the molecule is CC(=O)NC1CCN(c2nc(Nc3cc(C)[nH]n3)ccc2S(=O)(=O)c2ccccc2)C1. The fraction of sp³-hybridized carbons (Fsp3) is 0.286. The number of aryl methyl sites for hydroxylation is 1. The molecule has 0 saturated carbocycles. The van der Waals surface area contributed by atoms with E-state index in [1.54, 1.807) is 42.5 Å². The van der Waals surface area contributed by atoms with Gasteiger partial charge in [-0.25, -0.2) is 13.4 Å². The Morgan fingerprint density at radius 1 is 1.16 bits per heavy atom. The van der Waals surface area contributed by atoms with Gasteiger partial charge in [-0.05, 0) is 37.6 Å². The average molecular weight is 441 g/mol. The van der Waals surface area contributed by atoms with Gasteiger partial charge in [-0.2, -0.15) is 5.10 Å². The third-order valence-electron chi connectivity index (χ3n) is 5.04. The predicted octanol–water partition coefficient (Wildman–Crippen LogP) is 2.40. The molecule has 0 radical (unpaired) electrons. The van der Waals surface area contributed by atoms with Gasteiger partial charge >= 0.3 is 0 Å². The van der Waals surface area contributed by atoms with Crippen LogP contribution in [0.2, 0.25) is 0 Å². The zero-order valence-corrected chi connectivity index (χ0v) is 18.1. The quantitative estimate of drug-likeness (QED) is 0.538. The van der Waals surface area contributed by atoms with Crippen molar-refractivity contribution in [2.24, 2.45) is 0 Å². The molecule has 0 aliphatic carbocycles. The van der Waals surface area contributed by atoms with E-state index in [0.29, 0.717) is 37.0 Å². The summed E-state index contributed by atoms with van der Waals surface area (Å²) < 4.78 is 26.7. The molecule has 1 fully saturated rings. The Labute approximate surface area is 180 Å². The molecule has 1 atom stereocenters. The number of H-pyrrole nitrogens is 1. The van der Waals surface area contributed by atoms with E-state index in [0.717, 1.165) is 5.69 Å². The van der Waals surface area contributed by atoms with Crippen LogP contribution < -0.4 is 15.5 Å². The van der Waals surface area contributed by atoms with E-state index in [4.69, 9.17) is 0 Å². The number of nitrogens with one attached hydrogen (secondary N) is 3. The van der Waals surface area contributed by atoms with Crippen LogP contribution in [0.3, 0.4) is 0 Å². The van der Waals surface area contributed by atoms with Crippen LogP contribution in [0.15, 0.2) is 58.3 Å². The molecule has 10 heteroatoms. The van der Waals surface area contributed by atoms with Crippen molar-refractivity contribution in [2.75, 3.05) is 23.3 Å². The van der Waals surface area contributed by atoms with Crippen molar-refractivity contribution in [3.8, 4) is 0 Å². The van der Waals surface area contributed by atoms with E-state index < -0.39 is 9.84 Å². The van der Waals surface area contributed by atoms with Crippen LogP contribution in [0.1, 0.15) is 19.0 Å². The van der Waals surface area contributed by atoms with E-state index in [9.17, 15) is 13.2 Å². The highest BCUT2D eigenvalue weighted by atomic mass is 32.2. The van der Waals surface area contributed by atoms with E-state index >= 15 is 0 Å². The maximum atomic E-state index is 13.4. The minimum absolute atomic E-state index is 0.0582. The standard InChI is InChI=1S/C21H24N6O3S/c1-14-12-20(26-25-14)23-19-9-8-18(31(29,30)17-6-4-3-5-7-17)21(24-19)27-11-10-16(13-27)22-15(2)28/h3-9,12,16H,10-11,13H2,1-2H3,(H,22,28)(H2,23,24,25,26). The van der Waals surface area contributed by atoms with Crippen LogP contribution in [0, 0.1) is 6.92 Å². The molecule has 9 nitrogen and oxygen atoms in total. The molecule has 3 aromatic rings. The smallest absolute Gasteiger partial charge is 0.217 e. The van der Waals surface area contributed by atoms with Crippen molar-refractivity contribution >= 4 is 33.2 Å². The molecule has 2 aromatic heterocycles. The zero-order valence-electron chi connectivity index (χ0n) is 17.3. The zero-order chi connectivity index (χ0) is 22.0. The molecular formula is C21H24N6O3S. The van der Waals surface area contributed by atoms with Crippen LogP contribution >= 0.6 is 0 Å². The third-order valence-corrected chi connectivity index (χ3v) is 6.83. The Morgan fingerprint density at radius 3 is 2.61 bits per heavy atom. The average Bonchev–Trinajstić information content (AvgIpc) is 3.37. The summed E-state index contributed by atoms with van der Waals surface area (Å²) in [6, 6.07) is 13.3. The highest BCUT2D eigenvalue weighted by molar-refractivity contribution is 7.91. The first kappa shape index (κ1) is 20.9. The molecule has 0 spiro atoms. The Hall–Kier alpha value is -3.40. The molecule has 1 saturated heterocycles. The highest BCUT2D eigenvalue weighted by Crippen LogP contribution is 2.32. The van der Waals surface area contributed by atoms with Gasteiger partial charge in [-0.15, -0.1) is 0 Å². The number of aromatic nitrogens is 3. The van der Waals surface area contributed by atoms with Crippen molar-refractivity contribution in [2.45, 2.75) is 36.1 Å². The van der Waals surface area contributed by atoms with Gasteiger partial charge in [0.2, 0.25) is 15.7 Å². The van der Waals surface area contributed by atoms with Crippen LogP contribution in [-0.4, -0.2) is 48.6 Å². The van der Waals surface area contributed by atoms with Gasteiger partial charge in [0.15, 0.2) is 5.82 Å². The Bertz CT molecular complexity index is 1190. The lowest BCUT2D eigenvalue weighted by atomic mass is 10.2. The fourth-order valence-corrected chi connectivity index (χ4v) is 5.07. The van der Waals surface area contributed by atoms with Crippen LogP contribution in [0.25, 0.3) is 0 Å². The molecule has 1 aliphatic heterocycles. The first-order valence-corrected chi connectivity index (χ1v) is 11.4. The molecule has 162 valence electrons. The normalized spacial score (nSPS) is 16.3. The van der Waals surface area contributed by atoms with Gasteiger partial charge in [-0.3, -0.25) is 9.89 Å². The molecule has 3 heterocycles. The number of hydrogen-bond donors (Lipinski definition) is 3. The lowest BCUT2D eigenvalue weighted by Gasteiger charge is -2.22. The number of carbonyl (C=O) groups is 1. The summed E-state index contributed by atoms with van der Waals surface area (Å²) in [4.78, 5) is 18.3. The predicted molar refractivity (Wildman–Crippen MR) is 117 cm³/mol. The van der Waals surface area contributed by atoms with Gasteiger partial charge in [0.25, 0.3) is 0 Å². The second-order valence-electron chi connectivity index (χ2n) is 7.53.